The van der Waals surface area contributed by atoms with Crippen LogP contribution in [-0.2, 0) is 4.74 Å². The maximum absolute atomic E-state index is 12.0. The predicted molar refractivity (Wildman–Crippen MR) is 66.0 cm³/mol. The fourth-order valence-corrected chi connectivity index (χ4v) is 2.46. The van der Waals surface area contributed by atoms with Crippen LogP contribution < -0.4 is 0 Å². The van der Waals surface area contributed by atoms with Gasteiger partial charge >= 0.3 is 5.97 Å². The van der Waals surface area contributed by atoms with Gasteiger partial charge in [0.2, 0.25) is 0 Å². The lowest BCUT2D eigenvalue weighted by Crippen LogP contribution is -2.14. The van der Waals surface area contributed by atoms with Crippen LogP contribution in [0.25, 0.3) is 10.9 Å². The summed E-state index contributed by atoms with van der Waals surface area (Å²) >= 11 is 0. The highest BCUT2D eigenvalue weighted by Crippen LogP contribution is 2.24. The number of para-hydroxylation sites is 1. The van der Waals surface area contributed by atoms with Gasteiger partial charge in [-0.05, 0) is 31.7 Å². The summed E-state index contributed by atoms with van der Waals surface area (Å²) in [5.41, 5.74) is 1.62. The zero-order chi connectivity index (χ0) is 11.7. The van der Waals surface area contributed by atoms with Crippen LogP contribution in [0.15, 0.2) is 30.5 Å². The maximum atomic E-state index is 12.0. The number of H-pyrrole nitrogens is 1. The van der Waals surface area contributed by atoms with Gasteiger partial charge in [-0.15, -0.1) is 0 Å². The summed E-state index contributed by atoms with van der Waals surface area (Å²) in [6.07, 6.45) is 6.22. The first kappa shape index (κ1) is 10.4. The summed E-state index contributed by atoms with van der Waals surface area (Å²) in [4.78, 5) is 15.1. The molecule has 1 aromatic carbocycles. The molecule has 0 bridgehead atoms. The van der Waals surface area contributed by atoms with Gasteiger partial charge in [0.05, 0.1) is 5.56 Å². The molecule has 1 heterocycles. The van der Waals surface area contributed by atoms with Crippen LogP contribution in [0.3, 0.4) is 0 Å². The molecule has 3 rings (SSSR count). The van der Waals surface area contributed by atoms with Gasteiger partial charge in [0.25, 0.3) is 0 Å². The molecule has 1 N–H and O–H groups in total. The Labute approximate surface area is 99.8 Å². The van der Waals surface area contributed by atoms with Crippen LogP contribution in [-0.4, -0.2) is 17.1 Å². The summed E-state index contributed by atoms with van der Waals surface area (Å²) < 4.78 is 5.50. The average molecular weight is 229 g/mol. The number of hydrogen-bond acceptors (Lipinski definition) is 2. The molecule has 1 aromatic heterocycles. The topological polar surface area (TPSA) is 42.1 Å². The van der Waals surface area contributed by atoms with E-state index in [0.29, 0.717) is 5.56 Å². The summed E-state index contributed by atoms with van der Waals surface area (Å²) in [6.45, 7) is 0. The minimum atomic E-state index is -0.200. The first-order chi connectivity index (χ1) is 8.34. The first-order valence-electron chi connectivity index (χ1n) is 6.12. The lowest BCUT2D eigenvalue weighted by Gasteiger charge is -2.10. The van der Waals surface area contributed by atoms with E-state index in [1.807, 2.05) is 24.3 Å². The molecule has 1 aliphatic carbocycles. The molecular formula is C14H15NO2. The Hall–Kier alpha value is -1.77. The van der Waals surface area contributed by atoms with Crippen LogP contribution >= 0.6 is 0 Å². The third-order valence-corrected chi connectivity index (χ3v) is 3.39. The van der Waals surface area contributed by atoms with Crippen LogP contribution in [0, 0.1) is 0 Å². The molecule has 17 heavy (non-hydrogen) atoms. The second kappa shape index (κ2) is 4.24. The number of nitrogens with one attached hydrogen (secondary N) is 1. The number of esters is 1. The number of aromatic amines is 1. The second-order valence-corrected chi connectivity index (χ2v) is 4.56. The Balaban J connectivity index is 1.85. The molecule has 0 spiro atoms. The molecule has 0 atom stereocenters. The molecule has 3 heteroatoms. The lowest BCUT2D eigenvalue weighted by atomic mass is 10.2. The fraction of sp³-hybridized carbons (Fsp3) is 0.357. The third-order valence-electron chi connectivity index (χ3n) is 3.39. The smallest absolute Gasteiger partial charge is 0.340 e. The van der Waals surface area contributed by atoms with Crippen molar-refractivity contribution in [1.29, 1.82) is 0 Å². The number of ether oxygens (including phenoxy) is 1. The molecule has 2 aromatic rings. The minimum Gasteiger partial charge on any atom is -0.459 e. The summed E-state index contributed by atoms with van der Waals surface area (Å²) in [6, 6.07) is 7.78. The van der Waals surface area contributed by atoms with Crippen molar-refractivity contribution in [2.45, 2.75) is 31.8 Å². The SMILES string of the molecule is O=C(OC1CCCC1)c1c[nH]c2ccccc12. The van der Waals surface area contributed by atoms with E-state index < -0.39 is 0 Å². The number of fused-ring (bicyclic) bond motifs is 1. The van der Waals surface area contributed by atoms with Gasteiger partial charge in [-0.2, -0.15) is 0 Å². The van der Waals surface area contributed by atoms with E-state index in [1.165, 1.54) is 12.8 Å². The number of carbonyl (C=O) groups excluding carboxylic acids is 1. The van der Waals surface area contributed by atoms with Crippen LogP contribution in [0.5, 0.6) is 0 Å². The molecular weight excluding hydrogens is 214 g/mol. The molecule has 0 unspecified atom stereocenters. The number of carbonyl (C=O) groups is 1. The molecule has 0 radical (unpaired) electrons. The second-order valence-electron chi connectivity index (χ2n) is 4.56. The van der Waals surface area contributed by atoms with Crippen molar-refractivity contribution in [2.24, 2.45) is 0 Å². The van der Waals surface area contributed by atoms with Gasteiger partial charge in [-0.1, -0.05) is 18.2 Å². The zero-order valence-electron chi connectivity index (χ0n) is 9.61. The largest absolute Gasteiger partial charge is 0.459 e. The van der Waals surface area contributed by atoms with E-state index in [1.54, 1.807) is 6.20 Å². The first-order valence-corrected chi connectivity index (χ1v) is 6.12. The van der Waals surface area contributed by atoms with E-state index in [0.717, 1.165) is 23.7 Å². The van der Waals surface area contributed by atoms with Gasteiger partial charge in [0.15, 0.2) is 0 Å². The van der Waals surface area contributed by atoms with E-state index in [-0.39, 0.29) is 12.1 Å². The highest BCUT2D eigenvalue weighted by molar-refractivity contribution is 6.04. The van der Waals surface area contributed by atoms with E-state index in [2.05, 4.69) is 4.98 Å². The number of aromatic nitrogens is 1. The van der Waals surface area contributed by atoms with Crippen LogP contribution in [0.4, 0.5) is 0 Å². The van der Waals surface area contributed by atoms with Crippen molar-refractivity contribution < 1.29 is 9.53 Å². The zero-order valence-corrected chi connectivity index (χ0v) is 9.61. The number of hydrogen-bond donors (Lipinski definition) is 1. The summed E-state index contributed by atoms with van der Waals surface area (Å²) in [5, 5.41) is 0.940. The molecule has 88 valence electrons. The number of rotatable bonds is 2. The van der Waals surface area contributed by atoms with Gasteiger partial charge in [-0.25, -0.2) is 4.79 Å². The Morgan fingerprint density at radius 3 is 2.82 bits per heavy atom. The van der Waals surface area contributed by atoms with Gasteiger partial charge in [0, 0.05) is 17.1 Å². The van der Waals surface area contributed by atoms with Crippen molar-refractivity contribution in [3.8, 4) is 0 Å². The standard InChI is InChI=1S/C14H15NO2/c16-14(17-10-5-1-2-6-10)12-9-15-13-8-4-3-7-11(12)13/h3-4,7-10,15H,1-2,5-6H2. The molecule has 1 saturated carbocycles. The van der Waals surface area contributed by atoms with Crippen LogP contribution in [0.1, 0.15) is 36.0 Å². The van der Waals surface area contributed by atoms with Gasteiger partial charge in [-0.3, -0.25) is 0 Å². The molecule has 1 fully saturated rings. The molecule has 3 nitrogen and oxygen atoms in total. The lowest BCUT2D eigenvalue weighted by molar-refractivity contribution is 0.0320. The van der Waals surface area contributed by atoms with E-state index >= 15 is 0 Å². The van der Waals surface area contributed by atoms with E-state index in [9.17, 15) is 4.79 Å². The Bertz CT molecular complexity index is 538. The Morgan fingerprint density at radius 2 is 2.00 bits per heavy atom. The highest BCUT2D eigenvalue weighted by atomic mass is 16.5. The van der Waals surface area contributed by atoms with Crippen molar-refractivity contribution >= 4 is 16.9 Å². The Kier molecular flexibility index (Phi) is 2.59. The third kappa shape index (κ3) is 1.93. The monoisotopic (exact) mass is 229 g/mol. The van der Waals surface area contributed by atoms with Gasteiger partial charge < -0.3 is 9.72 Å². The normalized spacial score (nSPS) is 16.5. The predicted octanol–water partition coefficient (Wildman–Crippen LogP) is 3.27. The van der Waals surface area contributed by atoms with Crippen molar-refractivity contribution in [2.75, 3.05) is 0 Å². The average Bonchev–Trinajstić information content (AvgIpc) is 2.96. The summed E-state index contributed by atoms with van der Waals surface area (Å²) in [7, 11) is 0. The van der Waals surface area contributed by atoms with Crippen molar-refractivity contribution in [3.05, 3.63) is 36.0 Å². The molecule has 0 aliphatic heterocycles. The van der Waals surface area contributed by atoms with E-state index in [4.69, 9.17) is 4.74 Å². The van der Waals surface area contributed by atoms with Crippen LogP contribution in [0.2, 0.25) is 0 Å². The van der Waals surface area contributed by atoms with Crippen molar-refractivity contribution in [1.82, 2.24) is 4.98 Å². The maximum Gasteiger partial charge on any atom is 0.340 e. The minimum absolute atomic E-state index is 0.121. The fourth-order valence-electron chi connectivity index (χ4n) is 2.46. The molecule has 0 amide bonds. The molecule has 1 aliphatic rings. The number of benzene rings is 1. The molecule has 0 saturated heterocycles. The Morgan fingerprint density at radius 1 is 1.24 bits per heavy atom. The highest BCUT2D eigenvalue weighted by Gasteiger charge is 2.21. The summed E-state index contributed by atoms with van der Waals surface area (Å²) in [5.74, 6) is -0.200. The van der Waals surface area contributed by atoms with Crippen molar-refractivity contribution in [3.63, 3.8) is 0 Å². The van der Waals surface area contributed by atoms with Gasteiger partial charge in [0.1, 0.15) is 6.10 Å². The quantitative estimate of drug-likeness (QED) is 0.803.